The van der Waals surface area contributed by atoms with E-state index in [2.05, 4.69) is 24.1 Å². The molecule has 2 N–H and O–H groups in total. The first-order chi connectivity index (χ1) is 6.94. The predicted molar refractivity (Wildman–Crippen MR) is 64.7 cm³/mol. The molecule has 0 aliphatic carbocycles. The molecule has 0 radical (unpaired) electrons. The van der Waals surface area contributed by atoms with E-state index in [-0.39, 0.29) is 11.3 Å². The second-order valence-corrected chi connectivity index (χ2v) is 4.61. The topological polar surface area (TPSA) is 41.1 Å². The first kappa shape index (κ1) is 14.2. The number of carbonyl (C=O) groups excluding carboxylic acids is 1. The van der Waals surface area contributed by atoms with Crippen molar-refractivity contribution in [1.82, 2.24) is 10.6 Å². The molecule has 1 atom stereocenters. The van der Waals surface area contributed by atoms with Crippen LogP contribution in [-0.4, -0.2) is 25.5 Å². The number of allylic oxidation sites excluding steroid dienone is 1. The Kier molecular flexibility index (Phi) is 6.25. The van der Waals surface area contributed by atoms with Gasteiger partial charge in [0, 0.05) is 19.6 Å². The van der Waals surface area contributed by atoms with Gasteiger partial charge in [-0.25, -0.2) is 0 Å². The van der Waals surface area contributed by atoms with Gasteiger partial charge in [0.25, 0.3) is 0 Å². The number of nitrogens with one attached hydrogen (secondary N) is 2. The number of hydrogen-bond donors (Lipinski definition) is 2. The summed E-state index contributed by atoms with van der Waals surface area (Å²) in [6.07, 6.45) is 3.99. The summed E-state index contributed by atoms with van der Waals surface area (Å²) in [6.45, 7) is 10.4. The molecule has 88 valence electrons. The number of amides is 1. The van der Waals surface area contributed by atoms with Gasteiger partial charge in [-0.1, -0.05) is 6.08 Å². The Balaban J connectivity index is 3.91. The molecule has 0 aliphatic rings. The van der Waals surface area contributed by atoms with Crippen molar-refractivity contribution in [2.45, 2.75) is 39.7 Å². The fourth-order valence-corrected chi connectivity index (χ4v) is 1.32. The molecule has 0 aliphatic heterocycles. The molecular formula is C12H24N2O. The van der Waals surface area contributed by atoms with Crippen molar-refractivity contribution in [2.75, 3.05) is 13.6 Å². The number of carbonyl (C=O) groups is 1. The van der Waals surface area contributed by atoms with Crippen LogP contribution in [0.25, 0.3) is 0 Å². The van der Waals surface area contributed by atoms with Gasteiger partial charge in [0.1, 0.15) is 0 Å². The zero-order valence-corrected chi connectivity index (χ0v) is 10.4. The summed E-state index contributed by atoms with van der Waals surface area (Å²) in [5.74, 6) is 0.0749. The fraction of sp³-hybridized carbons (Fsp3) is 0.750. The van der Waals surface area contributed by atoms with Gasteiger partial charge in [-0.15, -0.1) is 6.58 Å². The Morgan fingerprint density at radius 3 is 2.60 bits per heavy atom. The monoisotopic (exact) mass is 212 g/mol. The third kappa shape index (κ3) is 5.57. The van der Waals surface area contributed by atoms with Crippen LogP contribution in [0.2, 0.25) is 0 Å². The van der Waals surface area contributed by atoms with E-state index in [1.165, 1.54) is 0 Å². The average molecular weight is 212 g/mol. The quantitative estimate of drug-likeness (QED) is 0.631. The third-order valence-electron chi connectivity index (χ3n) is 2.54. The maximum atomic E-state index is 11.5. The largest absolute Gasteiger partial charge is 0.359 e. The molecule has 0 fully saturated rings. The lowest BCUT2D eigenvalue weighted by molar-refractivity contribution is -0.128. The summed E-state index contributed by atoms with van der Waals surface area (Å²) in [5, 5.41) is 6.04. The Labute approximate surface area is 93.3 Å². The smallest absolute Gasteiger partial charge is 0.226 e. The van der Waals surface area contributed by atoms with Crippen LogP contribution in [0.15, 0.2) is 12.7 Å². The summed E-state index contributed by atoms with van der Waals surface area (Å²) < 4.78 is 0. The summed E-state index contributed by atoms with van der Waals surface area (Å²) in [7, 11) is 1.67. The van der Waals surface area contributed by atoms with Crippen molar-refractivity contribution in [3.8, 4) is 0 Å². The van der Waals surface area contributed by atoms with Gasteiger partial charge in [-0.3, -0.25) is 4.79 Å². The molecule has 0 aromatic carbocycles. The standard InChI is InChI=1S/C12H24N2O/c1-6-7-8-10(2)14-9-12(3,4)11(15)13-5/h6,10,14H,1,7-9H2,2-5H3,(H,13,15). The average Bonchev–Trinajstić information content (AvgIpc) is 2.22. The van der Waals surface area contributed by atoms with Gasteiger partial charge in [-0.2, -0.15) is 0 Å². The molecule has 0 saturated carbocycles. The second kappa shape index (κ2) is 6.62. The molecule has 3 heteroatoms. The van der Waals surface area contributed by atoms with E-state index in [0.29, 0.717) is 12.6 Å². The molecule has 0 saturated heterocycles. The highest BCUT2D eigenvalue weighted by Crippen LogP contribution is 2.13. The van der Waals surface area contributed by atoms with Gasteiger partial charge in [0.05, 0.1) is 5.41 Å². The summed E-state index contributed by atoms with van der Waals surface area (Å²) in [4.78, 5) is 11.5. The lowest BCUT2D eigenvalue weighted by Gasteiger charge is -2.25. The van der Waals surface area contributed by atoms with E-state index in [0.717, 1.165) is 12.8 Å². The van der Waals surface area contributed by atoms with Crippen LogP contribution < -0.4 is 10.6 Å². The van der Waals surface area contributed by atoms with Crippen molar-refractivity contribution in [2.24, 2.45) is 5.41 Å². The van der Waals surface area contributed by atoms with Crippen molar-refractivity contribution in [1.29, 1.82) is 0 Å². The molecule has 0 rings (SSSR count). The van der Waals surface area contributed by atoms with E-state index < -0.39 is 0 Å². The van der Waals surface area contributed by atoms with E-state index in [9.17, 15) is 4.79 Å². The van der Waals surface area contributed by atoms with E-state index in [1.54, 1.807) is 7.05 Å². The fourth-order valence-electron chi connectivity index (χ4n) is 1.32. The Morgan fingerprint density at radius 2 is 2.13 bits per heavy atom. The molecule has 0 bridgehead atoms. The summed E-state index contributed by atoms with van der Waals surface area (Å²) in [5.41, 5.74) is -0.350. The third-order valence-corrected chi connectivity index (χ3v) is 2.54. The van der Waals surface area contributed by atoms with E-state index >= 15 is 0 Å². The molecule has 0 aromatic rings. The van der Waals surface area contributed by atoms with Crippen LogP contribution in [0.1, 0.15) is 33.6 Å². The summed E-state index contributed by atoms with van der Waals surface area (Å²) >= 11 is 0. The van der Waals surface area contributed by atoms with E-state index in [1.807, 2.05) is 19.9 Å². The first-order valence-corrected chi connectivity index (χ1v) is 5.50. The molecular weight excluding hydrogens is 188 g/mol. The van der Waals surface area contributed by atoms with Crippen LogP contribution in [0, 0.1) is 5.41 Å². The van der Waals surface area contributed by atoms with Gasteiger partial charge >= 0.3 is 0 Å². The van der Waals surface area contributed by atoms with Crippen LogP contribution in [0.5, 0.6) is 0 Å². The highest BCUT2D eigenvalue weighted by atomic mass is 16.2. The maximum absolute atomic E-state index is 11.5. The maximum Gasteiger partial charge on any atom is 0.226 e. The molecule has 0 heterocycles. The van der Waals surface area contributed by atoms with Gasteiger partial charge < -0.3 is 10.6 Å². The van der Waals surface area contributed by atoms with Crippen molar-refractivity contribution in [3.63, 3.8) is 0 Å². The van der Waals surface area contributed by atoms with Crippen LogP contribution in [0.3, 0.4) is 0 Å². The van der Waals surface area contributed by atoms with Gasteiger partial charge in [0.15, 0.2) is 0 Å². The Hall–Kier alpha value is -0.830. The van der Waals surface area contributed by atoms with Crippen molar-refractivity contribution < 1.29 is 4.79 Å². The molecule has 1 unspecified atom stereocenters. The molecule has 1 amide bonds. The first-order valence-electron chi connectivity index (χ1n) is 5.50. The molecule has 3 nitrogen and oxygen atoms in total. The SMILES string of the molecule is C=CCCC(C)NCC(C)(C)C(=O)NC. The number of hydrogen-bond acceptors (Lipinski definition) is 2. The van der Waals surface area contributed by atoms with Crippen LogP contribution in [0.4, 0.5) is 0 Å². The van der Waals surface area contributed by atoms with Crippen LogP contribution in [-0.2, 0) is 4.79 Å². The zero-order valence-electron chi connectivity index (χ0n) is 10.4. The number of rotatable bonds is 7. The highest BCUT2D eigenvalue weighted by Gasteiger charge is 2.26. The minimum atomic E-state index is -0.350. The zero-order chi connectivity index (χ0) is 11.9. The Morgan fingerprint density at radius 1 is 1.53 bits per heavy atom. The van der Waals surface area contributed by atoms with E-state index in [4.69, 9.17) is 0 Å². The van der Waals surface area contributed by atoms with Gasteiger partial charge in [-0.05, 0) is 33.6 Å². The minimum absolute atomic E-state index is 0.0749. The second-order valence-electron chi connectivity index (χ2n) is 4.61. The van der Waals surface area contributed by atoms with Crippen LogP contribution >= 0.6 is 0 Å². The van der Waals surface area contributed by atoms with Gasteiger partial charge in [0.2, 0.25) is 5.91 Å². The predicted octanol–water partition coefficient (Wildman–Crippen LogP) is 1.70. The van der Waals surface area contributed by atoms with Crippen molar-refractivity contribution >= 4 is 5.91 Å². The molecule has 0 spiro atoms. The lowest BCUT2D eigenvalue weighted by atomic mass is 9.92. The Bertz CT molecular complexity index is 212. The minimum Gasteiger partial charge on any atom is -0.359 e. The lowest BCUT2D eigenvalue weighted by Crippen LogP contribution is -2.44. The normalized spacial score (nSPS) is 13.3. The molecule has 0 aromatic heterocycles. The summed E-state index contributed by atoms with van der Waals surface area (Å²) in [6, 6.07) is 0.423. The molecule has 15 heavy (non-hydrogen) atoms. The highest BCUT2D eigenvalue weighted by molar-refractivity contribution is 5.81. The van der Waals surface area contributed by atoms with Crippen molar-refractivity contribution in [3.05, 3.63) is 12.7 Å².